The minimum Gasteiger partial charge on any atom is -1.00 e. The van der Waals surface area contributed by atoms with Crippen LogP contribution < -0.4 is 17.7 Å². The minimum atomic E-state index is -0.227. The lowest BCUT2D eigenvalue weighted by Gasteiger charge is -2.58. The molecule has 1 amide bonds. The van der Waals surface area contributed by atoms with Crippen molar-refractivity contribution in [2.24, 2.45) is 34.5 Å². The van der Waals surface area contributed by atoms with Crippen LogP contribution in [0.25, 0.3) is 0 Å². The molecule has 4 aliphatic rings. The predicted molar refractivity (Wildman–Crippen MR) is 244 cm³/mol. The van der Waals surface area contributed by atoms with Gasteiger partial charge < -0.3 is 26.9 Å². The molecule has 0 aromatic rings. The molecule has 3 saturated carbocycles. The van der Waals surface area contributed by atoms with Crippen LogP contribution in [0.3, 0.4) is 0 Å². The summed E-state index contributed by atoms with van der Waals surface area (Å²) < 4.78 is 7.16. The summed E-state index contributed by atoms with van der Waals surface area (Å²) in [6, 6.07) is 0. The Morgan fingerprint density at radius 1 is 0.772 bits per heavy atom. The molecule has 8 heteroatoms. The first-order valence-electron chi connectivity index (χ1n) is 23.9. The molecule has 7 atom stereocenters. The smallest absolute Gasteiger partial charge is 0.306 e. The van der Waals surface area contributed by atoms with Crippen LogP contribution in [0.1, 0.15) is 202 Å². The number of likely N-dealkylation sites (N-methyl/N-ethyl adjacent to an activating group) is 1. The van der Waals surface area contributed by atoms with Gasteiger partial charge in [0.15, 0.2) is 5.78 Å². The van der Waals surface area contributed by atoms with Crippen molar-refractivity contribution in [2.75, 3.05) is 38.2 Å². The molecule has 4 rings (SSSR count). The van der Waals surface area contributed by atoms with Gasteiger partial charge in [-0.05, 0) is 117 Å². The molecule has 0 saturated heterocycles. The van der Waals surface area contributed by atoms with Crippen molar-refractivity contribution in [3.05, 3.63) is 11.6 Å². The second-order valence-electron chi connectivity index (χ2n) is 19.5. The molecule has 0 aromatic carbocycles. The molecule has 1 N–H and O–H groups in total. The number of fused-ring (bicyclic) bond motifs is 5. The summed E-state index contributed by atoms with van der Waals surface area (Å²) in [5.41, 5.74) is 1.80. The van der Waals surface area contributed by atoms with E-state index in [2.05, 4.69) is 69.6 Å². The number of nitrogens with one attached hydrogen (secondary N) is 1. The minimum absolute atomic E-state index is 0. The summed E-state index contributed by atoms with van der Waals surface area (Å²) in [6.45, 7) is 15.6. The van der Waals surface area contributed by atoms with Gasteiger partial charge in [-0.15, -0.1) is 0 Å². The summed E-state index contributed by atoms with van der Waals surface area (Å²) in [4.78, 5) is 40.3. The molecule has 6 nitrogen and oxygen atoms in total. The van der Waals surface area contributed by atoms with E-state index in [1.165, 1.54) is 147 Å². The van der Waals surface area contributed by atoms with Crippen molar-refractivity contribution >= 4 is 40.3 Å². The monoisotopic (exact) mass is 931 g/mol. The molecule has 0 spiro atoms. The zero-order valence-corrected chi connectivity index (χ0v) is 40.9. The van der Waals surface area contributed by atoms with Crippen molar-refractivity contribution < 1.29 is 36.0 Å². The first-order chi connectivity index (χ1) is 27.0. The number of nitrogens with zero attached hydrogens (tertiary/aromatic N) is 1. The highest BCUT2D eigenvalue weighted by Crippen LogP contribution is 2.67. The van der Waals surface area contributed by atoms with Gasteiger partial charge in [0.1, 0.15) is 6.10 Å². The summed E-state index contributed by atoms with van der Waals surface area (Å²) in [5, 5.41) is 3.17. The molecule has 3 fully saturated rings. The molecule has 0 bridgehead atoms. The standard InChI is InChI=1S/C48H84N2O4.CH3I.ClH/c1-7-9-11-13-15-17-19-21-34-50(6,35-22-20-18-16-14-12-10-8-2)36-33-49-45(52)27-28-46(53)54-38(3)42-25-26-43-41-24-23-39-37-40(51)29-31-47(39,4)44(41)30-32-48(42,43)5;1-2;/h37-38,41-44H,7-36H2,1-6H3;1H3;1H/t38-,41?,42+,43?,44?,47-,48+;;/m0../s1. The number of unbranched alkanes of at least 4 members (excludes halogenated alkanes) is 14. The summed E-state index contributed by atoms with van der Waals surface area (Å²) in [6.07, 6.45) is 32.4. The molecule has 0 aliphatic heterocycles. The molecule has 4 aliphatic carbocycles. The van der Waals surface area contributed by atoms with E-state index in [0.29, 0.717) is 42.4 Å². The summed E-state index contributed by atoms with van der Waals surface area (Å²) >= 11 is 2.15. The SMILES string of the molecule is CCCCCCCCCC[N+](C)(CCCCCCCCCC)CCNC(=O)CCC(=O)O[C@@H](C)[C@H]1CCC2C3CCC4=CC(=O)CC[C@]4(C)C3CC[C@@]21C.CI.[Cl-]. The maximum Gasteiger partial charge on any atom is 0.306 e. The van der Waals surface area contributed by atoms with Gasteiger partial charge in [0.2, 0.25) is 5.91 Å². The first kappa shape index (κ1) is 52.5. The Balaban J connectivity index is 0.00000368. The van der Waals surface area contributed by atoms with Crippen LogP contribution in [-0.4, -0.2) is 66.4 Å². The Hall–Kier alpha value is -0.670. The maximum absolute atomic E-state index is 13.1. The van der Waals surface area contributed by atoms with Crippen LogP contribution >= 0.6 is 22.6 Å². The van der Waals surface area contributed by atoms with Crippen LogP contribution in [0, 0.1) is 34.5 Å². The second-order valence-corrected chi connectivity index (χ2v) is 19.5. The largest absolute Gasteiger partial charge is 1.00 e. The highest BCUT2D eigenvalue weighted by atomic mass is 127. The van der Waals surface area contributed by atoms with Gasteiger partial charge in [0.05, 0.1) is 39.6 Å². The van der Waals surface area contributed by atoms with E-state index < -0.39 is 0 Å². The molecule has 0 heterocycles. The average Bonchev–Trinajstić information content (AvgIpc) is 3.54. The molecular weight excluding hydrogens is 843 g/mol. The van der Waals surface area contributed by atoms with Crippen LogP contribution in [0.2, 0.25) is 0 Å². The van der Waals surface area contributed by atoms with Crippen LogP contribution in [0.4, 0.5) is 0 Å². The van der Waals surface area contributed by atoms with Crippen molar-refractivity contribution in [2.45, 2.75) is 208 Å². The fourth-order valence-corrected chi connectivity index (χ4v) is 12.1. The second kappa shape index (κ2) is 27.3. The van der Waals surface area contributed by atoms with E-state index >= 15 is 0 Å². The third-order valence-corrected chi connectivity index (χ3v) is 15.6. The molecular formula is C49H88ClIN2O4. The van der Waals surface area contributed by atoms with Gasteiger partial charge in [-0.1, -0.05) is 133 Å². The quantitative estimate of drug-likeness (QED) is 0.0309. The summed E-state index contributed by atoms with van der Waals surface area (Å²) in [5.74, 6) is 2.49. The lowest BCUT2D eigenvalue weighted by Crippen LogP contribution is -3.00. The number of ether oxygens (including phenoxy) is 1. The number of amides is 1. The summed E-state index contributed by atoms with van der Waals surface area (Å²) in [7, 11) is 2.40. The van der Waals surface area contributed by atoms with Gasteiger partial charge in [-0.2, -0.15) is 0 Å². The number of esters is 1. The number of carbonyl (C=O) groups excluding carboxylic acids is 3. The predicted octanol–water partition coefficient (Wildman–Crippen LogP) is 9.75. The van der Waals surface area contributed by atoms with E-state index in [1.807, 2.05) is 11.0 Å². The lowest BCUT2D eigenvalue weighted by molar-refractivity contribution is -0.908. The molecule has 0 radical (unpaired) electrons. The van der Waals surface area contributed by atoms with Crippen molar-refractivity contribution in [3.63, 3.8) is 0 Å². The lowest BCUT2D eigenvalue weighted by atomic mass is 9.46. The van der Waals surface area contributed by atoms with Crippen LogP contribution in [0.5, 0.6) is 0 Å². The van der Waals surface area contributed by atoms with E-state index in [0.717, 1.165) is 30.3 Å². The van der Waals surface area contributed by atoms with Crippen LogP contribution in [-0.2, 0) is 19.1 Å². The zero-order valence-electron chi connectivity index (χ0n) is 38.0. The van der Waals surface area contributed by atoms with E-state index in [1.54, 1.807) is 0 Å². The van der Waals surface area contributed by atoms with Crippen molar-refractivity contribution in [1.82, 2.24) is 5.32 Å². The Morgan fingerprint density at radius 3 is 1.91 bits per heavy atom. The van der Waals surface area contributed by atoms with Crippen molar-refractivity contribution in [1.29, 1.82) is 0 Å². The van der Waals surface area contributed by atoms with Crippen LogP contribution in [0.15, 0.2) is 11.6 Å². The number of hydrogen-bond acceptors (Lipinski definition) is 4. The number of allylic oxidation sites excluding steroid dienone is 1. The molecule has 3 unspecified atom stereocenters. The Kier molecular flexibility index (Phi) is 25.1. The Morgan fingerprint density at radius 2 is 1.33 bits per heavy atom. The highest BCUT2D eigenvalue weighted by Gasteiger charge is 2.60. The molecule has 57 heavy (non-hydrogen) atoms. The number of alkyl halides is 1. The number of rotatable bonds is 26. The van der Waals surface area contributed by atoms with Gasteiger partial charge in [0.25, 0.3) is 0 Å². The van der Waals surface area contributed by atoms with Gasteiger partial charge in [-0.3, -0.25) is 14.4 Å². The fourth-order valence-electron chi connectivity index (χ4n) is 12.1. The zero-order chi connectivity index (χ0) is 41.0. The Bertz CT molecular complexity index is 1190. The Labute approximate surface area is 371 Å². The third kappa shape index (κ3) is 15.9. The van der Waals surface area contributed by atoms with Gasteiger partial charge in [-0.25, -0.2) is 0 Å². The fraction of sp³-hybridized carbons (Fsp3) is 0.898. The molecule has 332 valence electrons. The van der Waals surface area contributed by atoms with Gasteiger partial charge >= 0.3 is 5.97 Å². The van der Waals surface area contributed by atoms with E-state index in [4.69, 9.17) is 4.74 Å². The number of halogens is 2. The van der Waals surface area contributed by atoms with E-state index in [9.17, 15) is 14.4 Å². The first-order valence-corrected chi connectivity index (χ1v) is 26.0. The maximum atomic E-state index is 13.1. The molecule has 0 aromatic heterocycles. The van der Waals surface area contributed by atoms with E-state index in [-0.39, 0.29) is 54.1 Å². The number of hydrogen-bond donors (Lipinski definition) is 1. The van der Waals surface area contributed by atoms with Gasteiger partial charge in [0, 0.05) is 18.8 Å². The number of carbonyl (C=O) groups is 3. The topological polar surface area (TPSA) is 72.5 Å². The third-order valence-electron chi connectivity index (χ3n) is 15.6. The van der Waals surface area contributed by atoms with Crippen molar-refractivity contribution in [3.8, 4) is 0 Å². The number of ketones is 1. The average molecular weight is 932 g/mol. The highest BCUT2D eigenvalue weighted by molar-refractivity contribution is 14.1. The normalized spacial score (nSPS) is 27.1. The number of quaternary nitrogens is 1.